The maximum absolute atomic E-state index is 8.85. The standard InChI is InChI=1S/C9H11ClO.C2H6/c1-6-3-4-8(5-11)9(10)7(6)2;1-2/h3-4,11H,5H2,1-2H3;1-2H3. The molecule has 2 heteroatoms. The molecule has 1 N–H and O–H groups in total. The Balaban J connectivity index is 0.000000671. The second kappa shape index (κ2) is 6.01. The number of aliphatic hydroxyl groups excluding tert-OH is 1. The average Bonchev–Trinajstić information content (AvgIpc) is 2.18. The maximum Gasteiger partial charge on any atom is 0.0696 e. The van der Waals surface area contributed by atoms with Crippen LogP contribution in [0, 0.1) is 13.8 Å². The quantitative estimate of drug-likeness (QED) is 0.736. The fourth-order valence-electron chi connectivity index (χ4n) is 0.960. The van der Waals surface area contributed by atoms with Crippen molar-refractivity contribution in [3.05, 3.63) is 33.8 Å². The van der Waals surface area contributed by atoms with E-state index in [0.717, 1.165) is 16.7 Å². The Labute approximate surface area is 85.4 Å². The van der Waals surface area contributed by atoms with Crippen molar-refractivity contribution in [2.24, 2.45) is 0 Å². The zero-order valence-electron chi connectivity index (χ0n) is 8.69. The predicted octanol–water partition coefficient (Wildman–Crippen LogP) is 3.48. The van der Waals surface area contributed by atoms with Crippen LogP contribution >= 0.6 is 11.6 Å². The summed E-state index contributed by atoms with van der Waals surface area (Å²) < 4.78 is 0. The van der Waals surface area contributed by atoms with Gasteiger partial charge in [-0.1, -0.05) is 37.6 Å². The van der Waals surface area contributed by atoms with Crippen molar-refractivity contribution in [1.29, 1.82) is 0 Å². The zero-order chi connectivity index (χ0) is 10.4. The Morgan fingerprint density at radius 2 is 1.77 bits per heavy atom. The molecular weight excluding hydrogens is 184 g/mol. The van der Waals surface area contributed by atoms with E-state index in [-0.39, 0.29) is 6.61 Å². The highest BCUT2D eigenvalue weighted by molar-refractivity contribution is 6.32. The second-order valence-electron chi connectivity index (χ2n) is 2.64. The third kappa shape index (κ3) is 3.02. The summed E-state index contributed by atoms with van der Waals surface area (Å²) in [6.45, 7) is 7.97. The maximum atomic E-state index is 8.85. The summed E-state index contributed by atoms with van der Waals surface area (Å²) in [5, 5.41) is 9.54. The molecule has 1 aromatic carbocycles. The molecular formula is C11H17ClO. The molecule has 0 radical (unpaired) electrons. The Morgan fingerprint density at radius 1 is 1.23 bits per heavy atom. The van der Waals surface area contributed by atoms with E-state index >= 15 is 0 Å². The minimum Gasteiger partial charge on any atom is -0.392 e. The summed E-state index contributed by atoms with van der Waals surface area (Å²) >= 11 is 5.94. The van der Waals surface area contributed by atoms with E-state index in [1.807, 2.05) is 39.8 Å². The van der Waals surface area contributed by atoms with Crippen molar-refractivity contribution in [1.82, 2.24) is 0 Å². The first-order valence-corrected chi connectivity index (χ1v) is 4.90. The smallest absolute Gasteiger partial charge is 0.0696 e. The lowest BCUT2D eigenvalue weighted by Gasteiger charge is -2.06. The zero-order valence-corrected chi connectivity index (χ0v) is 9.44. The molecule has 0 heterocycles. The molecule has 0 saturated heterocycles. The van der Waals surface area contributed by atoms with Crippen molar-refractivity contribution in [3.8, 4) is 0 Å². The highest BCUT2D eigenvalue weighted by atomic mass is 35.5. The largest absolute Gasteiger partial charge is 0.392 e. The highest BCUT2D eigenvalue weighted by Crippen LogP contribution is 2.23. The van der Waals surface area contributed by atoms with Gasteiger partial charge in [0.05, 0.1) is 6.61 Å². The Hall–Kier alpha value is -0.530. The van der Waals surface area contributed by atoms with Crippen LogP contribution in [0.5, 0.6) is 0 Å². The first-order chi connectivity index (χ1) is 6.16. The molecule has 0 fully saturated rings. The minimum absolute atomic E-state index is 0.0138. The van der Waals surface area contributed by atoms with Crippen LogP contribution in [-0.2, 0) is 6.61 Å². The fraction of sp³-hybridized carbons (Fsp3) is 0.455. The number of aryl methyl sites for hydroxylation is 1. The van der Waals surface area contributed by atoms with Gasteiger partial charge in [-0.25, -0.2) is 0 Å². The summed E-state index contributed by atoms with van der Waals surface area (Å²) in [5.74, 6) is 0. The second-order valence-corrected chi connectivity index (χ2v) is 3.02. The monoisotopic (exact) mass is 200 g/mol. The van der Waals surface area contributed by atoms with Gasteiger partial charge < -0.3 is 5.11 Å². The molecule has 0 saturated carbocycles. The number of aliphatic hydroxyl groups is 1. The molecule has 0 aliphatic carbocycles. The van der Waals surface area contributed by atoms with E-state index in [4.69, 9.17) is 16.7 Å². The molecule has 1 nitrogen and oxygen atoms in total. The summed E-state index contributed by atoms with van der Waals surface area (Å²) in [5.41, 5.74) is 3.01. The van der Waals surface area contributed by atoms with E-state index < -0.39 is 0 Å². The van der Waals surface area contributed by atoms with Gasteiger partial charge in [0, 0.05) is 5.02 Å². The van der Waals surface area contributed by atoms with Crippen molar-refractivity contribution >= 4 is 11.6 Å². The van der Waals surface area contributed by atoms with Crippen LogP contribution in [-0.4, -0.2) is 5.11 Å². The van der Waals surface area contributed by atoms with Crippen LogP contribution < -0.4 is 0 Å². The van der Waals surface area contributed by atoms with Crippen molar-refractivity contribution in [2.45, 2.75) is 34.3 Å². The van der Waals surface area contributed by atoms with Crippen LogP contribution in [0.3, 0.4) is 0 Å². The highest BCUT2D eigenvalue weighted by Gasteiger charge is 2.03. The number of hydrogen-bond donors (Lipinski definition) is 1. The van der Waals surface area contributed by atoms with Crippen LogP contribution in [0.15, 0.2) is 12.1 Å². The Morgan fingerprint density at radius 3 is 2.23 bits per heavy atom. The number of benzene rings is 1. The minimum atomic E-state index is 0.0138. The molecule has 0 atom stereocenters. The molecule has 0 amide bonds. The lowest BCUT2D eigenvalue weighted by Crippen LogP contribution is -1.89. The van der Waals surface area contributed by atoms with Gasteiger partial charge >= 0.3 is 0 Å². The van der Waals surface area contributed by atoms with Gasteiger partial charge in [-0.05, 0) is 30.5 Å². The van der Waals surface area contributed by atoms with Gasteiger partial charge in [0.1, 0.15) is 0 Å². The number of rotatable bonds is 1. The first-order valence-electron chi connectivity index (χ1n) is 4.52. The third-order valence-electron chi connectivity index (χ3n) is 1.91. The summed E-state index contributed by atoms with van der Waals surface area (Å²) in [6.07, 6.45) is 0. The van der Waals surface area contributed by atoms with E-state index in [1.165, 1.54) is 0 Å². The molecule has 0 unspecified atom stereocenters. The van der Waals surface area contributed by atoms with Crippen LogP contribution in [0.1, 0.15) is 30.5 Å². The van der Waals surface area contributed by atoms with Gasteiger partial charge in [-0.2, -0.15) is 0 Å². The third-order valence-corrected chi connectivity index (χ3v) is 2.43. The fourth-order valence-corrected chi connectivity index (χ4v) is 1.23. The van der Waals surface area contributed by atoms with Crippen molar-refractivity contribution < 1.29 is 5.11 Å². The lowest BCUT2D eigenvalue weighted by atomic mass is 10.1. The van der Waals surface area contributed by atoms with Crippen LogP contribution in [0.25, 0.3) is 0 Å². The number of hydrogen-bond acceptors (Lipinski definition) is 1. The van der Waals surface area contributed by atoms with E-state index in [2.05, 4.69) is 0 Å². The summed E-state index contributed by atoms with van der Waals surface area (Å²) in [4.78, 5) is 0. The lowest BCUT2D eigenvalue weighted by molar-refractivity contribution is 0.282. The van der Waals surface area contributed by atoms with Crippen molar-refractivity contribution in [3.63, 3.8) is 0 Å². The normalized spacial score (nSPS) is 9.08. The average molecular weight is 201 g/mol. The van der Waals surface area contributed by atoms with E-state index in [9.17, 15) is 0 Å². The topological polar surface area (TPSA) is 20.2 Å². The molecule has 0 aliphatic rings. The van der Waals surface area contributed by atoms with E-state index in [1.54, 1.807) is 0 Å². The molecule has 0 aromatic heterocycles. The van der Waals surface area contributed by atoms with Crippen LogP contribution in [0.2, 0.25) is 5.02 Å². The van der Waals surface area contributed by atoms with Crippen LogP contribution in [0.4, 0.5) is 0 Å². The number of halogens is 1. The van der Waals surface area contributed by atoms with E-state index in [0.29, 0.717) is 5.02 Å². The van der Waals surface area contributed by atoms with Gasteiger partial charge in [0.2, 0.25) is 0 Å². The molecule has 0 spiro atoms. The molecule has 1 rings (SSSR count). The molecule has 0 aliphatic heterocycles. The van der Waals surface area contributed by atoms with Gasteiger partial charge in [0.15, 0.2) is 0 Å². The molecule has 0 bridgehead atoms. The SMILES string of the molecule is CC.Cc1ccc(CO)c(Cl)c1C. The molecule has 13 heavy (non-hydrogen) atoms. The predicted molar refractivity (Wildman–Crippen MR) is 58.2 cm³/mol. The summed E-state index contributed by atoms with van der Waals surface area (Å²) in [6, 6.07) is 3.82. The van der Waals surface area contributed by atoms with Crippen molar-refractivity contribution in [2.75, 3.05) is 0 Å². The van der Waals surface area contributed by atoms with Gasteiger partial charge in [0.25, 0.3) is 0 Å². The summed E-state index contributed by atoms with van der Waals surface area (Å²) in [7, 11) is 0. The Kier molecular flexibility index (Phi) is 5.76. The Bertz CT molecular complexity index is 269. The molecule has 1 aromatic rings. The van der Waals surface area contributed by atoms with Gasteiger partial charge in [-0.15, -0.1) is 0 Å². The molecule has 74 valence electrons. The first kappa shape index (κ1) is 12.5. The van der Waals surface area contributed by atoms with Gasteiger partial charge in [-0.3, -0.25) is 0 Å².